The molecule has 0 aliphatic carbocycles. The summed E-state index contributed by atoms with van der Waals surface area (Å²) in [5, 5.41) is 12.1. The maximum Gasteiger partial charge on any atom is 0.416 e. The van der Waals surface area contributed by atoms with Crippen LogP contribution in [0.25, 0.3) is 0 Å². The number of nitrogens with one attached hydrogen (secondary N) is 1. The van der Waals surface area contributed by atoms with Crippen LogP contribution in [0, 0.1) is 0 Å². The van der Waals surface area contributed by atoms with E-state index in [9.17, 15) is 23.1 Å². The Morgan fingerprint density at radius 1 is 1.28 bits per heavy atom. The Hall–Kier alpha value is -1.56. The van der Waals surface area contributed by atoms with Crippen molar-refractivity contribution in [2.45, 2.75) is 24.6 Å². The van der Waals surface area contributed by atoms with E-state index in [0.717, 1.165) is 12.1 Å². The molecule has 0 radical (unpaired) electrons. The number of carboxylic acids is 1. The summed E-state index contributed by atoms with van der Waals surface area (Å²) in [5.41, 5.74) is -1.66. The molecule has 1 aromatic rings. The summed E-state index contributed by atoms with van der Waals surface area (Å²) < 4.78 is 37.3. The molecule has 1 unspecified atom stereocenters. The monoisotopic (exact) mass is 259 g/mol. The van der Waals surface area contributed by atoms with E-state index in [1.165, 1.54) is 12.1 Å². The Kier molecular flexibility index (Phi) is 3.06. The molecular formula is C12H12F3NO2. The van der Waals surface area contributed by atoms with Crippen LogP contribution in [0.4, 0.5) is 13.2 Å². The second-order valence-corrected chi connectivity index (χ2v) is 4.32. The molecule has 3 nitrogen and oxygen atoms in total. The van der Waals surface area contributed by atoms with Crippen LogP contribution in [0.15, 0.2) is 24.3 Å². The van der Waals surface area contributed by atoms with Crippen LogP contribution >= 0.6 is 0 Å². The zero-order valence-electron chi connectivity index (χ0n) is 9.42. The fourth-order valence-corrected chi connectivity index (χ4v) is 2.24. The molecule has 1 fully saturated rings. The lowest BCUT2D eigenvalue weighted by molar-refractivity contribution is -0.144. The zero-order chi connectivity index (χ0) is 13.4. The van der Waals surface area contributed by atoms with E-state index >= 15 is 0 Å². The Labute approximate surface area is 102 Å². The maximum atomic E-state index is 12.4. The van der Waals surface area contributed by atoms with E-state index in [1.807, 2.05) is 0 Å². The van der Waals surface area contributed by atoms with E-state index in [1.54, 1.807) is 0 Å². The minimum absolute atomic E-state index is 0.362. The average molecular weight is 259 g/mol. The number of alkyl halides is 3. The molecule has 6 heteroatoms. The van der Waals surface area contributed by atoms with Crippen LogP contribution in [0.1, 0.15) is 24.0 Å². The maximum absolute atomic E-state index is 12.4. The molecule has 98 valence electrons. The highest BCUT2D eigenvalue weighted by Crippen LogP contribution is 2.34. The lowest BCUT2D eigenvalue weighted by Crippen LogP contribution is -2.44. The SMILES string of the molecule is O=C(O)C1(c2ccc(C(F)(F)F)cc2)CCCN1. The number of hydrogen-bond donors (Lipinski definition) is 2. The molecule has 0 spiro atoms. The predicted octanol–water partition coefficient (Wildman–Crippen LogP) is 2.37. The second kappa shape index (κ2) is 4.28. The summed E-state index contributed by atoms with van der Waals surface area (Å²) in [6.07, 6.45) is -3.33. The Balaban J connectivity index is 2.36. The summed E-state index contributed by atoms with van der Waals surface area (Å²) >= 11 is 0. The molecule has 0 amide bonds. The average Bonchev–Trinajstić information content (AvgIpc) is 2.78. The Morgan fingerprint density at radius 2 is 1.89 bits per heavy atom. The van der Waals surface area contributed by atoms with Crippen molar-refractivity contribution < 1.29 is 23.1 Å². The highest BCUT2D eigenvalue weighted by atomic mass is 19.4. The highest BCUT2D eigenvalue weighted by Gasteiger charge is 2.43. The lowest BCUT2D eigenvalue weighted by Gasteiger charge is -2.25. The first-order chi connectivity index (χ1) is 8.36. The fraction of sp³-hybridized carbons (Fsp3) is 0.417. The summed E-state index contributed by atoms with van der Waals surface area (Å²) in [7, 11) is 0. The predicted molar refractivity (Wildman–Crippen MR) is 58.0 cm³/mol. The van der Waals surface area contributed by atoms with Crippen LogP contribution in [-0.4, -0.2) is 17.6 Å². The minimum atomic E-state index is -4.40. The smallest absolute Gasteiger partial charge is 0.416 e. The van der Waals surface area contributed by atoms with Crippen LogP contribution in [0.5, 0.6) is 0 Å². The third kappa shape index (κ3) is 2.08. The molecule has 1 aromatic carbocycles. The summed E-state index contributed by atoms with van der Waals surface area (Å²) in [6.45, 7) is 0.549. The number of benzene rings is 1. The zero-order valence-corrected chi connectivity index (χ0v) is 9.42. The van der Waals surface area contributed by atoms with Gasteiger partial charge in [-0.2, -0.15) is 13.2 Å². The molecule has 2 rings (SSSR count). The number of carboxylic acid groups (broad SMARTS) is 1. The second-order valence-electron chi connectivity index (χ2n) is 4.32. The van der Waals surface area contributed by atoms with Gasteiger partial charge in [0.05, 0.1) is 5.56 Å². The molecule has 0 aromatic heterocycles. The topological polar surface area (TPSA) is 49.3 Å². The van der Waals surface area contributed by atoms with Gasteiger partial charge in [-0.3, -0.25) is 5.32 Å². The van der Waals surface area contributed by atoms with Gasteiger partial charge in [0.15, 0.2) is 0 Å². The van der Waals surface area contributed by atoms with Gasteiger partial charge in [-0.05, 0) is 37.1 Å². The standard InChI is InChI=1S/C12H12F3NO2/c13-12(14,15)9-4-2-8(3-5-9)11(10(17)18)6-1-7-16-11/h2-5,16H,1,6-7H2,(H,17,18). The Morgan fingerprint density at radius 3 is 2.28 bits per heavy atom. The van der Waals surface area contributed by atoms with Crippen molar-refractivity contribution >= 4 is 5.97 Å². The molecule has 1 aliphatic rings. The van der Waals surface area contributed by atoms with Gasteiger partial charge in [0.25, 0.3) is 0 Å². The first-order valence-corrected chi connectivity index (χ1v) is 5.52. The van der Waals surface area contributed by atoms with Crippen molar-refractivity contribution in [1.82, 2.24) is 5.32 Å². The molecule has 1 atom stereocenters. The quantitative estimate of drug-likeness (QED) is 0.857. The molecule has 1 heterocycles. The van der Waals surface area contributed by atoms with Gasteiger partial charge >= 0.3 is 12.1 Å². The highest BCUT2D eigenvalue weighted by molar-refractivity contribution is 5.81. The number of aliphatic carboxylic acids is 1. The van der Waals surface area contributed by atoms with Crippen LogP contribution < -0.4 is 5.32 Å². The molecule has 1 saturated heterocycles. The molecule has 2 N–H and O–H groups in total. The largest absolute Gasteiger partial charge is 0.480 e. The molecule has 18 heavy (non-hydrogen) atoms. The van der Waals surface area contributed by atoms with Gasteiger partial charge in [0, 0.05) is 0 Å². The van der Waals surface area contributed by atoms with Crippen LogP contribution in [-0.2, 0) is 16.5 Å². The van der Waals surface area contributed by atoms with Crippen LogP contribution in [0.2, 0.25) is 0 Å². The van der Waals surface area contributed by atoms with Crippen molar-refractivity contribution in [3.05, 3.63) is 35.4 Å². The third-order valence-electron chi connectivity index (χ3n) is 3.23. The Bertz CT molecular complexity index is 447. The number of rotatable bonds is 2. The molecular weight excluding hydrogens is 247 g/mol. The van der Waals surface area contributed by atoms with Crippen LogP contribution in [0.3, 0.4) is 0 Å². The summed E-state index contributed by atoms with van der Waals surface area (Å²) in [6, 6.07) is 4.30. The van der Waals surface area contributed by atoms with Gasteiger partial charge in [-0.25, -0.2) is 4.79 Å². The third-order valence-corrected chi connectivity index (χ3v) is 3.23. The van der Waals surface area contributed by atoms with Gasteiger partial charge in [0.1, 0.15) is 5.54 Å². The molecule has 0 bridgehead atoms. The molecule has 0 saturated carbocycles. The van der Waals surface area contributed by atoms with Gasteiger partial charge in [-0.15, -0.1) is 0 Å². The van der Waals surface area contributed by atoms with E-state index in [4.69, 9.17) is 0 Å². The van der Waals surface area contributed by atoms with E-state index in [0.29, 0.717) is 24.9 Å². The van der Waals surface area contributed by atoms with Gasteiger partial charge < -0.3 is 5.11 Å². The van der Waals surface area contributed by atoms with Crippen molar-refractivity contribution in [3.8, 4) is 0 Å². The van der Waals surface area contributed by atoms with Crippen molar-refractivity contribution in [2.24, 2.45) is 0 Å². The number of carbonyl (C=O) groups is 1. The number of halogens is 3. The van der Waals surface area contributed by atoms with E-state index in [-0.39, 0.29) is 0 Å². The van der Waals surface area contributed by atoms with Gasteiger partial charge in [-0.1, -0.05) is 12.1 Å². The first-order valence-electron chi connectivity index (χ1n) is 5.52. The van der Waals surface area contributed by atoms with Crippen molar-refractivity contribution in [1.29, 1.82) is 0 Å². The summed E-state index contributed by atoms with van der Waals surface area (Å²) in [4.78, 5) is 11.3. The van der Waals surface area contributed by atoms with Crippen molar-refractivity contribution in [3.63, 3.8) is 0 Å². The summed E-state index contributed by atoms with van der Waals surface area (Å²) in [5.74, 6) is -1.06. The van der Waals surface area contributed by atoms with Gasteiger partial charge in [0.2, 0.25) is 0 Å². The lowest BCUT2D eigenvalue weighted by atomic mass is 9.88. The van der Waals surface area contributed by atoms with E-state index in [2.05, 4.69) is 5.32 Å². The normalized spacial score (nSPS) is 24.2. The molecule has 1 aliphatic heterocycles. The fourth-order valence-electron chi connectivity index (χ4n) is 2.24. The minimum Gasteiger partial charge on any atom is -0.480 e. The van der Waals surface area contributed by atoms with E-state index < -0.39 is 23.2 Å². The van der Waals surface area contributed by atoms with Crippen molar-refractivity contribution in [2.75, 3.05) is 6.54 Å². The first kappa shape index (κ1) is 12.9. The number of hydrogen-bond acceptors (Lipinski definition) is 2.